The van der Waals surface area contributed by atoms with Crippen molar-refractivity contribution in [1.29, 1.82) is 0 Å². The van der Waals surface area contributed by atoms with E-state index in [2.05, 4.69) is 31.8 Å². The highest BCUT2D eigenvalue weighted by atomic mass is 16.5. The van der Waals surface area contributed by atoms with Gasteiger partial charge in [0.15, 0.2) is 0 Å². The van der Waals surface area contributed by atoms with Gasteiger partial charge in [-0.1, -0.05) is 34.6 Å². The van der Waals surface area contributed by atoms with Crippen LogP contribution in [-0.2, 0) is 11.8 Å². The molecule has 0 unspecified atom stereocenters. The van der Waals surface area contributed by atoms with Gasteiger partial charge in [0.05, 0.1) is 12.3 Å². The van der Waals surface area contributed by atoms with Crippen LogP contribution < -0.4 is 4.74 Å². The number of ether oxygens (including phenoxy) is 1. The average molecular weight is 221 g/mol. The number of nitrogens with zero attached hydrogens (tertiary/aromatic N) is 1. The topological polar surface area (TPSA) is 22.1 Å². The molecular formula is C14H23NO. The van der Waals surface area contributed by atoms with Crippen LogP contribution in [-0.4, -0.2) is 11.6 Å². The Morgan fingerprint density at radius 1 is 1.25 bits per heavy atom. The Kier molecular flexibility index (Phi) is 4.34. The van der Waals surface area contributed by atoms with Crippen molar-refractivity contribution in [3.8, 4) is 5.75 Å². The average Bonchev–Trinajstić information content (AvgIpc) is 2.30. The van der Waals surface area contributed by atoms with Crippen molar-refractivity contribution in [2.24, 2.45) is 0 Å². The minimum absolute atomic E-state index is 0.143. The molecule has 0 N–H and O–H groups in total. The first-order valence-electron chi connectivity index (χ1n) is 6.20. The number of aryl methyl sites for hydroxylation is 1. The standard InChI is InChI=1S/C12H17NO.C2H6/c1-12(2,3)9-6-7-13-10-5-4-8-14-11(9)10;1-2/h6-7H,4-5,8H2,1-3H3;1-2H3. The molecule has 0 radical (unpaired) electrons. The largest absolute Gasteiger partial charge is 0.491 e. The molecule has 1 aliphatic heterocycles. The van der Waals surface area contributed by atoms with Gasteiger partial charge < -0.3 is 4.74 Å². The summed E-state index contributed by atoms with van der Waals surface area (Å²) in [6.07, 6.45) is 4.04. The summed E-state index contributed by atoms with van der Waals surface area (Å²) in [4.78, 5) is 4.37. The maximum absolute atomic E-state index is 5.72. The molecule has 2 heteroatoms. The fourth-order valence-corrected chi connectivity index (χ4v) is 1.84. The van der Waals surface area contributed by atoms with Gasteiger partial charge in [-0.2, -0.15) is 0 Å². The first-order valence-corrected chi connectivity index (χ1v) is 6.20. The van der Waals surface area contributed by atoms with Crippen LogP contribution in [0.1, 0.15) is 52.3 Å². The lowest BCUT2D eigenvalue weighted by Crippen LogP contribution is -2.18. The molecule has 0 spiro atoms. The predicted molar refractivity (Wildman–Crippen MR) is 68.1 cm³/mol. The predicted octanol–water partition coefficient (Wildman–Crippen LogP) is 3.73. The van der Waals surface area contributed by atoms with E-state index in [1.165, 1.54) is 5.56 Å². The second-order valence-corrected chi connectivity index (χ2v) is 4.84. The van der Waals surface area contributed by atoms with E-state index in [-0.39, 0.29) is 5.41 Å². The van der Waals surface area contributed by atoms with Crippen LogP contribution in [0.3, 0.4) is 0 Å². The van der Waals surface area contributed by atoms with E-state index >= 15 is 0 Å². The van der Waals surface area contributed by atoms with Gasteiger partial charge in [0.1, 0.15) is 5.75 Å². The summed E-state index contributed by atoms with van der Waals surface area (Å²) >= 11 is 0. The third-order valence-electron chi connectivity index (χ3n) is 2.59. The molecule has 1 aliphatic rings. The molecule has 16 heavy (non-hydrogen) atoms. The Balaban J connectivity index is 0.000000606. The van der Waals surface area contributed by atoms with Crippen molar-refractivity contribution in [3.05, 3.63) is 23.5 Å². The van der Waals surface area contributed by atoms with Crippen molar-refractivity contribution in [2.45, 2.75) is 52.9 Å². The lowest BCUT2D eigenvalue weighted by Gasteiger charge is -2.26. The van der Waals surface area contributed by atoms with Crippen LogP contribution in [0.25, 0.3) is 0 Å². The molecular weight excluding hydrogens is 198 g/mol. The number of hydrogen-bond donors (Lipinski definition) is 0. The number of fused-ring (bicyclic) bond motifs is 1. The van der Waals surface area contributed by atoms with Gasteiger partial charge in [0.2, 0.25) is 0 Å². The van der Waals surface area contributed by atoms with E-state index in [0.717, 1.165) is 30.9 Å². The van der Waals surface area contributed by atoms with Crippen molar-refractivity contribution in [1.82, 2.24) is 4.98 Å². The van der Waals surface area contributed by atoms with E-state index in [4.69, 9.17) is 4.74 Å². The van der Waals surface area contributed by atoms with Gasteiger partial charge in [0, 0.05) is 11.8 Å². The van der Waals surface area contributed by atoms with Crippen molar-refractivity contribution < 1.29 is 4.74 Å². The summed E-state index contributed by atoms with van der Waals surface area (Å²) < 4.78 is 5.72. The molecule has 0 atom stereocenters. The van der Waals surface area contributed by atoms with Crippen LogP contribution in [0.15, 0.2) is 12.3 Å². The van der Waals surface area contributed by atoms with Gasteiger partial charge in [-0.15, -0.1) is 0 Å². The molecule has 0 aromatic carbocycles. The molecule has 0 fully saturated rings. The molecule has 1 aromatic rings. The third kappa shape index (κ3) is 2.75. The van der Waals surface area contributed by atoms with E-state index in [9.17, 15) is 0 Å². The third-order valence-corrected chi connectivity index (χ3v) is 2.59. The minimum atomic E-state index is 0.143. The van der Waals surface area contributed by atoms with Crippen LogP contribution in [0.5, 0.6) is 5.75 Å². The lowest BCUT2D eigenvalue weighted by atomic mass is 9.86. The van der Waals surface area contributed by atoms with Crippen molar-refractivity contribution in [2.75, 3.05) is 6.61 Å². The molecule has 90 valence electrons. The van der Waals surface area contributed by atoms with Crippen LogP contribution >= 0.6 is 0 Å². The van der Waals surface area contributed by atoms with Crippen molar-refractivity contribution in [3.63, 3.8) is 0 Å². The molecule has 1 aromatic heterocycles. The molecule has 0 aliphatic carbocycles. The highest BCUT2D eigenvalue weighted by Crippen LogP contribution is 2.35. The smallest absolute Gasteiger partial charge is 0.144 e. The molecule has 0 saturated heterocycles. The van der Waals surface area contributed by atoms with Crippen LogP contribution in [0, 0.1) is 0 Å². The summed E-state index contributed by atoms with van der Waals surface area (Å²) in [6, 6.07) is 2.07. The lowest BCUT2D eigenvalue weighted by molar-refractivity contribution is 0.276. The second kappa shape index (κ2) is 5.33. The number of pyridine rings is 1. The second-order valence-electron chi connectivity index (χ2n) is 4.84. The van der Waals surface area contributed by atoms with Gasteiger partial charge in [-0.3, -0.25) is 4.98 Å². The fraction of sp³-hybridized carbons (Fsp3) is 0.643. The Morgan fingerprint density at radius 2 is 1.94 bits per heavy atom. The summed E-state index contributed by atoms with van der Waals surface area (Å²) in [5.41, 5.74) is 2.55. The minimum Gasteiger partial charge on any atom is -0.491 e. The zero-order valence-electron chi connectivity index (χ0n) is 11.1. The normalized spacial score (nSPS) is 14.3. The summed E-state index contributed by atoms with van der Waals surface area (Å²) in [6.45, 7) is 11.5. The zero-order valence-corrected chi connectivity index (χ0v) is 11.1. The maximum Gasteiger partial charge on any atom is 0.144 e. The van der Waals surface area contributed by atoms with E-state index in [0.29, 0.717) is 0 Å². The molecule has 2 nitrogen and oxygen atoms in total. The van der Waals surface area contributed by atoms with Gasteiger partial charge in [0.25, 0.3) is 0 Å². The van der Waals surface area contributed by atoms with E-state index < -0.39 is 0 Å². The quantitative estimate of drug-likeness (QED) is 0.666. The molecule has 0 bridgehead atoms. The Hall–Kier alpha value is -1.05. The summed E-state index contributed by atoms with van der Waals surface area (Å²) in [7, 11) is 0. The molecule has 0 saturated carbocycles. The number of rotatable bonds is 0. The SMILES string of the molecule is CC.CC(C)(C)c1ccnc2c1OCCC2. The highest BCUT2D eigenvalue weighted by molar-refractivity contribution is 5.42. The monoisotopic (exact) mass is 221 g/mol. The first-order chi connectivity index (χ1) is 7.59. The first kappa shape index (κ1) is 13.0. The van der Waals surface area contributed by atoms with E-state index in [1.54, 1.807) is 0 Å². The Morgan fingerprint density at radius 3 is 2.56 bits per heavy atom. The van der Waals surface area contributed by atoms with Crippen LogP contribution in [0.2, 0.25) is 0 Å². The van der Waals surface area contributed by atoms with Crippen molar-refractivity contribution >= 4 is 0 Å². The Labute approximate surface area is 99.0 Å². The zero-order chi connectivity index (χ0) is 12.2. The molecule has 0 amide bonds. The van der Waals surface area contributed by atoms with Gasteiger partial charge in [-0.05, 0) is 24.3 Å². The van der Waals surface area contributed by atoms with Gasteiger partial charge >= 0.3 is 0 Å². The number of hydrogen-bond acceptors (Lipinski definition) is 2. The van der Waals surface area contributed by atoms with Crippen LogP contribution in [0.4, 0.5) is 0 Å². The molecule has 2 heterocycles. The maximum atomic E-state index is 5.72. The summed E-state index contributed by atoms with van der Waals surface area (Å²) in [5, 5.41) is 0. The van der Waals surface area contributed by atoms with E-state index in [1.807, 2.05) is 20.0 Å². The molecule has 2 rings (SSSR count). The van der Waals surface area contributed by atoms with Gasteiger partial charge in [-0.25, -0.2) is 0 Å². The number of aromatic nitrogens is 1. The summed E-state index contributed by atoms with van der Waals surface area (Å²) in [5.74, 6) is 1.03. The Bertz CT molecular complexity index is 339. The fourth-order valence-electron chi connectivity index (χ4n) is 1.84. The highest BCUT2D eigenvalue weighted by Gasteiger charge is 2.23.